The molecule has 0 unspecified atom stereocenters. The van der Waals surface area contributed by atoms with Crippen LogP contribution >= 0.6 is 27.3 Å². The molecule has 0 radical (unpaired) electrons. The number of thiophene rings is 1. The van der Waals surface area contributed by atoms with E-state index in [1.54, 1.807) is 18.4 Å². The molecule has 0 aliphatic heterocycles. The van der Waals surface area contributed by atoms with E-state index < -0.39 is 0 Å². The molecule has 0 saturated heterocycles. The van der Waals surface area contributed by atoms with Crippen molar-refractivity contribution in [3.8, 4) is 0 Å². The predicted octanol–water partition coefficient (Wildman–Crippen LogP) is 2.88. The average molecular weight is 234 g/mol. The number of hydrogen-bond acceptors (Lipinski definition) is 3. The zero-order valence-electron chi connectivity index (χ0n) is 6.30. The molecule has 0 fully saturated rings. The highest BCUT2D eigenvalue weighted by Gasteiger charge is 1.99. The van der Waals surface area contributed by atoms with Crippen LogP contribution in [0.2, 0.25) is 0 Å². The van der Waals surface area contributed by atoms with Gasteiger partial charge in [0.1, 0.15) is 7.11 Å². The van der Waals surface area contributed by atoms with E-state index in [4.69, 9.17) is 0 Å². The highest BCUT2D eigenvalue weighted by molar-refractivity contribution is 9.11. The summed E-state index contributed by atoms with van der Waals surface area (Å²) in [4.78, 5) is 4.64. The maximum absolute atomic E-state index is 4.64. The molecular formula is C7H8BrNOS. The molecule has 0 aliphatic rings. The first kappa shape index (κ1) is 8.74. The van der Waals surface area contributed by atoms with Crippen LogP contribution in [0.3, 0.4) is 0 Å². The Morgan fingerprint density at radius 2 is 2.45 bits per heavy atom. The van der Waals surface area contributed by atoms with Crippen LogP contribution in [-0.4, -0.2) is 12.8 Å². The SMILES string of the molecule is CON=C(C)c1csc(Br)c1. The van der Waals surface area contributed by atoms with Gasteiger partial charge in [-0.2, -0.15) is 0 Å². The summed E-state index contributed by atoms with van der Waals surface area (Å²) in [6.45, 7) is 1.91. The Hall–Kier alpha value is -0.350. The summed E-state index contributed by atoms with van der Waals surface area (Å²) in [6, 6.07) is 2.02. The zero-order chi connectivity index (χ0) is 8.27. The molecule has 0 atom stereocenters. The van der Waals surface area contributed by atoms with Crippen molar-refractivity contribution in [2.24, 2.45) is 5.16 Å². The van der Waals surface area contributed by atoms with Crippen LogP contribution in [0.1, 0.15) is 12.5 Å². The standard InChI is InChI=1S/C7H8BrNOS/c1-5(9-10-2)6-3-7(8)11-4-6/h3-4H,1-2H3. The van der Waals surface area contributed by atoms with E-state index in [1.165, 1.54) is 0 Å². The van der Waals surface area contributed by atoms with Gasteiger partial charge in [0.2, 0.25) is 0 Å². The lowest BCUT2D eigenvalue weighted by Gasteiger charge is -1.92. The molecule has 1 aromatic rings. The number of nitrogens with zero attached hydrogens (tertiary/aromatic N) is 1. The molecule has 1 rings (SSSR count). The average Bonchev–Trinajstić information content (AvgIpc) is 2.36. The van der Waals surface area contributed by atoms with Gasteiger partial charge in [0.25, 0.3) is 0 Å². The Balaban J connectivity index is 2.84. The number of rotatable bonds is 2. The number of oxime groups is 1. The van der Waals surface area contributed by atoms with Gasteiger partial charge in [-0.25, -0.2) is 0 Å². The molecule has 2 nitrogen and oxygen atoms in total. The van der Waals surface area contributed by atoms with Crippen LogP contribution in [0.4, 0.5) is 0 Å². The van der Waals surface area contributed by atoms with Crippen molar-refractivity contribution in [1.29, 1.82) is 0 Å². The molecule has 60 valence electrons. The van der Waals surface area contributed by atoms with Gasteiger partial charge in [-0.15, -0.1) is 11.3 Å². The maximum atomic E-state index is 4.64. The molecule has 4 heteroatoms. The van der Waals surface area contributed by atoms with Gasteiger partial charge < -0.3 is 4.84 Å². The molecule has 0 bridgehead atoms. The molecule has 0 N–H and O–H groups in total. The fourth-order valence-corrected chi connectivity index (χ4v) is 1.89. The monoisotopic (exact) mass is 233 g/mol. The van der Waals surface area contributed by atoms with Gasteiger partial charge in [-0.3, -0.25) is 0 Å². The van der Waals surface area contributed by atoms with Crippen LogP contribution in [-0.2, 0) is 4.84 Å². The largest absolute Gasteiger partial charge is 0.399 e. The highest BCUT2D eigenvalue weighted by Crippen LogP contribution is 2.21. The number of halogens is 1. The second-order valence-electron chi connectivity index (χ2n) is 2.00. The number of hydrogen-bond donors (Lipinski definition) is 0. The van der Waals surface area contributed by atoms with E-state index in [2.05, 4.69) is 25.9 Å². The minimum absolute atomic E-state index is 0.898. The van der Waals surface area contributed by atoms with Gasteiger partial charge >= 0.3 is 0 Å². The van der Waals surface area contributed by atoms with E-state index in [1.807, 2.05) is 18.4 Å². The van der Waals surface area contributed by atoms with Gasteiger partial charge in [0, 0.05) is 10.9 Å². The van der Waals surface area contributed by atoms with Crippen molar-refractivity contribution < 1.29 is 4.84 Å². The molecule has 1 heterocycles. The second kappa shape index (κ2) is 3.88. The van der Waals surface area contributed by atoms with Crippen molar-refractivity contribution in [2.45, 2.75) is 6.92 Å². The van der Waals surface area contributed by atoms with Gasteiger partial charge in [0.15, 0.2) is 0 Å². The molecule has 0 saturated carbocycles. The quantitative estimate of drug-likeness (QED) is 0.569. The minimum Gasteiger partial charge on any atom is -0.399 e. The molecule has 0 spiro atoms. The third-order valence-electron chi connectivity index (χ3n) is 1.21. The summed E-state index contributed by atoms with van der Waals surface area (Å²) in [6.07, 6.45) is 0. The fraction of sp³-hybridized carbons (Fsp3) is 0.286. The Bertz CT molecular complexity index is 269. The predicted molar refractivity (Wildman–Crippen MR) is 51.2 cm³/mol. The second-order valence-corrected chi connectivity index (χ2v) is 4.29. The van der Waals surface area contributed by atoms with E-state index in [0.717, 1.165) is 15.1 Å². The fourth-order valence-electron chi connectivity index (χ4n) is 0.689. The van der Waals surface area contributed by atoms with Crippen LogP contribution in [0.5, 0.6) is 0 Å². The van der Waals surface area contributed by atoms with Crippen LogP contribution < -0.4 is 0 Å². The summed E-state index contributed by atoms with van der Waals surface area (Å²) in [5.41, 5.74) is 2.00. The summed E-state index contributed by atoms with van der Waals surface area (Å²) in [5.74, 6) is 0. The van der Waals surface area contributed by atoms with Gasteiger partial charge in [-0.05, 0) is 28.9 Å². The van der Waals surface area contributed by atoms with Crippen molar-refractivity contribution in [2.75, 3.05) is 7.11 Å². The smallest absolute Gasteiger partial charge is 0.106 e. The van der Waals surface area contributed by atoms with E-state index in [-0.39, 0.29) is 0 Å². The molecule has 11 heavy (non-hydrogen) atoms. The van der Waals surface area contributed by atoms with Crippen molar-refractivity contribution >= 4 is 33.0 Å². The van der Waals surface area contributed by atoms with E-state index in [0.29, 0.717) is 0 Å². The summed E-state index contributed by atoms with van der Waals surface area (Å²) < 4.78 is 1.11. The summed E-state index contributed by atoms with van der Waals surface area (Å²) in [5, 5.41) is 5.84. The third-order valence-corrected chi connectivity index (χ3v) is 2.72. The summed E-state index contributed by atoms with van der Waals surface area (Å²) in [7, 11) is 1.55. The van der Waals surface area contributed by atoms with Gasteiger partial charge in [0.05, 0.1) is 9.50 Å². The zero-order valence-corrected chi connectivity index (χ0v) is 8.70. The van der Waals surface area contributed by atoms with Crippen LogP contribution in [0.25, 0.3) is 0 Å². The first-order valence-electron chi connectivity index (χ1n) is 3.06. The Labute approximate surface area is 78.0 Å². The first-order chi connectivity index (χ1) is 5.24. The lowest BCUT2D eigenvalue weighted by atomic mass is 10.2. The Morgan fingerprint density at radius 3 is 2.91 bits per heavy atom. The van der Waals surface area contributed by atoms with E-state index >= 15 is 0 Å². The first-order valence-corrected chi connectivity index (χ1v) is 4.73. The van der Waals surface area contributed by atoms with Crippen molar-refractivity contribution in [3.05, 3.63) is 20.8 Å². The van der Waals surface area contributed by atoms with Crippen LogP contribution in [0.15, 0.2) is 20.4 Å². The molecule has 0 aliphatic carbocycles. The normalized spacial score (nSPS) is 11.7. The Kier molecular flexibility index (Phi) is 3.08. The van der Waals surface area contributed by atoms with E-state index in [9.17, 15) is 0 Å². The summed E-state index contributed by atoms with van der Waals surface area (Å²) >= 11 is 5.01. The third kappa shape index (κ3) is 2.31. The van der Waals surface area contributed by atoms with Crippen molar-refractivity contribution in [1.82, 2.24) is 0 Å². The van der Waals surface area contributed by atoms with Crippen molar-refractivity contribution in [3.63, 3.8) is 0 Å². The lowest BCUT2D eigenvalue weighted by molar-refractivity contribution is 0.213. The maximum Gasteiger partial charge on any atom is 0.106 e. The molecule has 0 aromatic carbocycles. The topological polar surface area (TPSA) is 21.6 Å². The van der Waals surface area contributed by atoms with Crippen LogP contribution in [0, 0.1) is 0 Å². The van der Waals surface area contributed by atoms with Gasteiger partial charge in [-0.1, -0.05) is 5.16 Å². The molecule has 1 aromatic heterocycles. The lowest BCUT2D eigenvalue weighted by Crippen LogP contribution is -1.91. The molecule has 0 amide bonds. The Morgan fingerprint density at radius 1 is 1.73 bits per heavy atom. The highest BCUT2D eigenvalue weighted by atomic mass is 79.9. The molecular weight excluding hydrogens is 226 g/mol. The minimum atomic E-state index is 0.898.